The van der Waals surface area contributed by atoms with E-state index in [2.05, 4.69) is 15.9 Å². The zero-order valence-electron chi connectivity index (χ0n) is 9.51. The fraction of sp³-hybridized carbons (Fsp3) is 0.455. The van der Waals surface area contributed by atoms with Crippen LogP contribution < -0.4 is 15.2 Å². The molecule has 0 aliphatic carbocycles. The van der Waals surface area contributed by atoms with Crippen LogP contribution in [-0.2, 0) is 6.42 Å². The minimum absolute atomic E-state index is 0.0864. The molecule has 90 valence electrons. The standard InChI is InChI=1S/C11H15BrFNO2/c1-6(14)4-7-10(12)8(13)5-9(15-2)11(7)16-3/h5-6H,4,14H2,1-3H3. The molecule has 0 aliphatic heterocycles. The van der Waals surface area contributed by atoms with E-state index in [1.54, 1.807) is 0 Å². The Balaban J connectivity index is 3.34. The first kappa shape index (κ1) is 13.3. The van der Waals surface area contributed by atoms with Gasteiger partial charge in [-0.05, 0) is 29.3 Å². The zero-order chi connectivity index (χ0) is 12.3. The van der Waals surface area contributed by atoms with Crippen LogP contribution in [0.15, 0.2) is 10.5 Å². The summed E-state index contributed by atoms with van der Waals surface area (Å²) >= 11 is 3.20. The van der Waals surface area contributed by atoms with Crippen molar-refractivity contribution in [1.29, 1.82) is 0 Å². The third-order valence-electron chi connectivity index (χ3n) is 2.18. The fourth-order valence-corrected chi connectivity index (χ4v) is 1.97. The van der Waals surface area contributed by atoms with Gasteiger partial charge in [0, 0.05) is 17.7 Å². The molecular weight excluding hydrogens is 277 g/mol. The highest BCUT2D eigenvalue weighted by molar-refractivity contribution is 9.10. The van der Waals surface area contributed by atoms with Crippen molar-refractivity contribution >= 4 is 15.9 Å². The number of hydrogen-bond acceptors (Lipinski definition) is 3. The summed E-state index contributed by atoms with van der Waals surface area (Å²) < 4.78 is 24.2. The van der Waals surface area contributed by atoms with Gasteiger partial charge in [-0.25, -0.2) is 4.39 Å². The third kappa shape index (κ3) is 2.65. The molecule has 0 heterocycles. The SMILES string of the molecule is COc1cc(F)c(Br)c(CC(C)N)c1OC. The number of methoxy groups -OCH3 is 2. The van der Waals surface area contributed by atoms with Gasteiger partial charge in [-0.2, -0.15) is 0 Å². The number of halogens is 2. The normalized spacial score (nSPS) is 12.4. The summed E-state index contributed by atoms with van der Waals surface area (Å²) in [5.74, 6) is 0.514. The van der Waals surface area contributed by atoms with E-state index >= 15 is 0 Å². The average Bonchev–Trinajstić information content (AvgIpc) is 2.23. The third-order valence-corrected chi connectivity index (χ3v) is 3.04. The van der Waals surface area contributed by atoms with Gasteiger partial charge in [-0.15, -0.1) is 0 Å². The highest BCUT2D eigenvalue weighted by Crippen LogP contribution is 2.38. The Bertz CT molecular complexity index is 383. The molecule has 0 aliphatic rings. The van der Waals surface area contributed by atoms with E-state index in [9.17, 15) is 4.39 Å². The van der Waals surface area contributed by atoms with E-state index in [0.717, 1.165) is 0 Å². The predicted molar refractivity (Wildman–Crippen MR) is 64.6 cm³/mol. The molecule has 0 radical (unpaired) electrons. The lowest BCUT2D eigenvalue weighted by Crippen LogP contribution is -2.19. The first-order valence-electron chi connectivity index (χ1n) is 4.85. The molecular formula is C11H15BrFNO2. The van der Waals surface area contributed by atoms with Crippen molar-refractivity contribution in [3.05, 3.63) is 21.9 Å². The van der Waals surface area contributed by atoms with Gasteiger partial charge in [0.1, 0.15) is 5.82 Å². The lowest BCUT2D eigenvalue weighted by atomic mass is 10.1. The second kappa shape index (κ2) is 5.50. The highest BCUT2D eigenvalue weighted by Gasteiger charge is 2.18. The first-order chi connectivity index (χ1) is 7.51. The van der Waals surface area contributed by atoms with Gasteiger partial charge in [0.05, 0.1) is 18.7 Å². The smallest absolute Gasteiger partial charge is 0.165 e. The molecule has 0 amide bonds. The molecule has 5 heteroatoms. The second-order valence-electron chi connectivity index (χ2n) is 3.57. The largest absolute Gasteiger partial charge is 0.493 e. The number of nitrogens with two attached hydrogens (primary N) is 1. The molecule has 0 saturated carbocycles. The molecule has 3 nitrogen and oxygen atoms in total. The van der Waals surface area contributed by atoms with Gasteiger partial charge < -0.3 is 15.2 Å². The number of hydrogen-bond donors (Lipinski definition) is 1. The van der Waals surface area contributed by atoms with E-state index in [1.807, 2.05) is 6.92 Å². The highest BCUT2D eigenvalue weighted by atomic mass is 79.9. The van der Waals surface area contributed by atoms with Gasteiger partial charge in [0.15, 0.2) is 11.5 Å². The molecule has 1 unspecified atom stereocenters. The topological polar surface area (TPSA) is 44.5 Å². The van der Waals surface area contributed by atoms with E-state index < -0.39 is 0 Å². The fourth-order valence-electron chi connectivity index (χ4n) is 1.52. The molecule has 1 aromatic carbocycles. The van der Waals surface area contributed by atoms with Gasteiger partial charge in [-0.1, -0.05) is 0 Å². The Morgan fingerprint density at radius 2 is 2.06 bits per heavy atom. The summed E-state index contributed by atoms with van der Waals surface area (Å²) in [6.07, 6.45) is 0.512. The van der Waals surface area contributed by atoms with Gasteiger partial charge in [0.25, 0.3) is 0 Å². The van der Waals surface area contributed by atoms with E-state index in [4.69, 9.17) is 15.2 Å². The molecule has 2 N–H and O–H groups in total. The Labute approximate surface area is 103 Å². The maximum Gasteiger partial charge on any atom is 0.165 e. The van der Waals surface area contributed by atoms with Gasteiger partial charge >= 0.3 is 0 Å². The van der Waals surface area contributed by atoms with E-state index in [1.165, 1.54) is 20.3 Å². The van der Waals surface area contributed by atoms with Crippen LogP contribution in [0.1, 0.15) is 12.5 Å². The molecule has 0 aromatic heterocycles. The van der Waals surface area contributed by atoms with Crippen molar-refractivity contribution in [1.82, 2.24) is 0 Å². The average molecular weight is 292 g/mol. The Morgan fingerprint density at radius 1 is 1.44 bits per heavy atom. The summed E-state index contributed by atoms with van der Waals surface area (Å²) in [5, 5.41) is 0. The van der Waals surface area contributed by atoms with Crippen LogP contribution in [0.25, 0.3) is 0 Å². The Hall–Kier alpha value is -0.810. The first-order valence-corrected chi connectivity index (χ1v) is 5.65. The monoisotopic (exact) mass is 291 g/mol. The Morgan fingerprint density at radius 3 is 2.50 bits per heavy atom. The molecule has 1 aromatic rings. The Kier molecular flexibility index (Phi) is 4.56. The minimum atomic E-state index is -0.381. The van der Waals surface area contributed by atoms with E-state index in [-0.39, 0.29) is 11.9 Å². The lowest BCUT2D eigenvalue weighted by molar-refractivity contribution is 0.347. The van der Waals surface area contributed by atoms with E-state index in [0.29, 0.717) is 28.0 Å². The van der Waals surface area contributed by atoms with Crippen LogP contribution in [0.5, 0.6) is 11.5 Å². The second-order valence-corrected chi connectivity index (χ2v) is 4.36. The summed E-state index contributed by atoms with van der Waals surface area (Å²) in [4.78, 5) is 0. The molecule has 1 atom stereocenters. The van der Waals surface area contributed by atoms with Crippen molar-refractivity contribution in [2.45, 2.75) is 19.4 Å². The number of ether oxygens (including phenoxy) is 2. The lowest BCUT2D eigenvalue weighted by Gasteiger charge is -2.16. The van der Waals surface area contributed by atoms with Crippen LogP contribution in [0.4, 0.5) is 4.39 Å². The molecule has 16 heavy (non-hydrogen) atoms. The molecule has 0 spiro atoms. The van der Waals surface area contributed by atoms with Crippen molar-refractivity contribution in [3.8, 4) is 11.5 Å². The van der Waals surface area contributed by atoms with Gasteiger partial charge in [0.2, 0.25) is 0 Å². The van der Waals surface area contributed by atoms with Crippen LogP contribution >= 0.6 is 15.9 Å². The molecule has 0 fully saturated rings. The van der Waals surface area contributed by atoms with Crippen molar-refractivity contribution < 1.29 is 13.9 Å². The maximum absolute atomic E-state index is 13.6. The zero-order valence-corrected chi connectivity index (χ0v) is 11.1. The van der Waals surface area contributed by atoms with Crippen LogP contribution in [-0.4, -0.2) is 20.3 Å². The van der Waals surface area contributed by atoms with Crippen LogP contribution in [0, 0.1) is 5.82 Å². The molecule has 0 saturated heterocycles. The van der Waals surface area contributed by atoms with Crippen molar-refractivity contribution in [3.63, 3.8) is 0 Å². The van der Waals surface area contributed by atoms with Crippen molar-refractivity contribution in [2.24, 2.45) is 5.73 Å². The van der Waals surface area contributed by atoms with Crippen LogP contribution in [0.3, 0.4) is 0 Å². The summed E-state index contributed by atoms with van der Waals surface area (Å²) in [5.41, 5.74) is 6.41. The molecule has 1 rings (SSSR count). The molecule has 0 bridgehead atoms. The predicted octanol–water partition coefficient (Wildman–Crippen LogP) is 2.50. The summed E-state index contributed by atoms with van der Waals surface area (Å²) in [6.45, 7) is 1.85. The summed E-state index contributed by atoms with van der Waals surface area (Å²) in [6, 6.07) is 1.20. The number of benzene rings is 1. The minimum Gasteiger partial charge on any atom is -0.493 e. The quantitative estimate of drug-likeness (QED) is 0.927. The summed E-state index contributed by atoms with van der Waals surface area (Å²) in [7, 11) is 2.99. The van der Waals surface area contributed by atoms with Gasteiger partial charge in [-0.3, -0.25) is 0 Å². The van der Waals surface area contributed by atoms with Crippen LogP contribution in [0.2, 0.25) is 0 Å². The number of rotatable bonds is 4. The maximum atomic E-state index is 13.6. The van der Waals surface area contributed by atoms with Crippen molar-refractivity contribution in [2.75, 3.05) is 14.2 Å².